The van der Waals surface area contributed by atoms with Crippen LogP contribution in [0.5, 0.6) is 0 Å². The van der Waals surface area contributed by atoms with Crippen molar-refractivity contribution in [2.24, 2.45) is 0 Å². The van der Waals surface area contributed by atoms with Crippen molar-refractivity contribution in [2.45, 2.75) is 13.5 Å². The van der Waals surface area contributed by atoms with Gasteiger partial charge < -0.3 is 19.9 Å². The first kappa shape index (κ1) is 21.7. The average Bonchev–Trinajstić information content (AvgIpc) is 2.65. The lowest BCUT2D eigenvalue weighted by Gasteiger charge is -2.25. The number of benzene rings is 2. The van der Waals surface area contributed by atoms with Gasteiger partial charge >= 0.3 is 0 Å². The van der Waals surface area contributed by atoms with E-state index in [-0.39, 0.29) is 11.8 Å². The Morgan fingerprint density at radius 2 is 1.86 bits per heavy atom. The lowest BCUT2D eigenvalue weighted by molar-refractivity contribution is -0.130. The second-order valence-electron chi connectivity index (χ2n) is 6.61. The number of carbonyl (C=O) groups is 2. The van der Waals surface area contributed by atoms with E-state index in [0.717, 1.165) is 11.3 Å². The lowest BCUT2D eigenvalue weighted by Crippen LogP contribution is -2.32. The molecule has 0 fully saturated rings. The van der Waals surface area contributed by atoms with E-state index >= 15 is 0 Å². The van der Waals surface area contributed by atoms with Crippen LogP contribution in [0.15, 0.2) is 42.5 Å². The number of nitrogens with zero attached hydrogens (tertiary/aromatic N) is 2. The molecule has 0 radical (unpaired) electrons. The summed E-state index contributed by atoms with van der Waals surface area (Å²) in [6, 6.07) is 12.5. The average molecular weight is 404 g/mol. The standard InChI is InChI=1S/C21H26ClN3O3/c1-15(26)25(11-12-28-4)14-16-13-17(9-10-20(16)24(2)3)23-21(27)18-7-5-6-8-19(18)22/h5-10,13H,11-12,14H2,1-4H3,(H,23,27). The summed E-state index contributed by atoms with van der Waals surface area (Å²) in [5.74, 6) is -0.316. The molecule has 2 aromatic carbocycles. The summed E-state index contributed by atoms with van der Waals surface area (Å²) >= 11 is 6.11. The minimum Gasteiger partial charge on any atom is -0.383 e. The molecule has 0 saturated carbocycles. The Bertz CT molecular complexity index is 839. The fraction of sp³-hybridized carbons (Fsp3) is 0.333. The molecule has 150 valence electrons. The maximum Gasteiger partial charge on any atom is 0.257 e. The number of nitrogens with one attached hydrogen (secondary N) is 1. The third-order valence-electron chi connectivity index (χ3n) is 4.31. The lowest BCUT2D eigenvalue weighted by atomic mass is 10.1. The first-order valence-electron chi connectivity index (χ1n) is 8.94. The van der Waals surface area contributed by atoms with E-state index in [4.69, 9.17) is 16.3 Å². The van der Waals surface area contributed by atoms with Crippen molar-refractivity contribution in [3.8, 4) is 0 Å². The van der Waals surface area contributed by atoms with Crippen LogP contribution >= 0.6 is 11.6 Å². The second-order valence-corrected chi connectivity index (χ2v) is 7.01. The van der Waals surface area contributed by atoms with E-state index in [2.05, 4.69) is 5.32 Å². The summed E-state index contributed by atoms with van der Waals surface area (Å²) in [4.78, 5) is 28.2. The highest BCUT2D eigenvalue weighted by Gasteiger charge is 2.15. The highest BCUT2D eigenvalue weighted by molar-refractivity contribution is 6.34. The zero-order valence-electron chi connectivity index (χ0n) is 16.7. The monoisotopic (exact) mass is 403 g/mol. The Balaban J connectivity index is 2.28. The maximum absolute atomic E-state index is 12.5. The summed E-state index contributed by atoms with van der Waals surface area (Å²) in [6.07, 6.45) is 0. The molecular weight excluding hydrogens is 378 g/mol. The smallest absolute Gasteiger partial charge is 0.257 e. The van der Waals surface area contributed by atoms with Gasteiger partial charge in [0.25, 0.3) is 5.91 Å². The summed E-state index contributed by atoms with van der Waals surface area (Å²) < 4.78 is 5.10. The van der Waals surface area contributed by atoms with Gasteiger partial charge in [0.1, 0.15) is 0 Å². The Morgan fingerprint density at radius 1 is 1.14 bits per heavy atom. The fourth-order valence-electron chi connectivity index (χ4n) is 2.82. The van der Waals surface area contributed by atoms with Gasteiger partial charge in [0.2, 0.25) is 5.91 Å². The largest absolute Gasteiger partial charge is 0.383 e. The first-order valence-corrected chi connectivity index (χ1v) is 9.32. The van der Waals surface area contributed by atoms with Crippen LogP contribution in [0.4, 0.5) is 11.4 Å². The van der Waals surface area contributed by atoms with Crippen LogP contribution in [-0.4, -0.2) is 51.1 Å². The molecule has 1 N–H and O–H groups in total. The van der Waals surface area contributed by atoms with Crippen LogP contribution in [0.2, 0.25) is 5.02 Å². The molecule has 28 heavy (non-hydrogen) atoms. The van der Waals surface area contributed by atoms with Gasteiger partial charge in [-0.1, -0.05) is 23.7 Å². The molecule has 7 heteroatoms. The van der Waals surface area contributed by atoms with Crippen LogP contribution in [0, 0.1) is 0 Å². The van der Waals surface area contributed by atoms with Crippen molar-refractivity contribution in [3.05, 3.63) is 58.6 Å². The number of hydrogen-bond acceptors (Lipinski definition) is 4. The molecule has 0 aliphatic carbocycles. The van der Waals surface area contributed by atoms with Crippen molar-refractivity contribution >= 4 is 34.8 Å². The number of amides is 2. The van der Waals surface area contributed by atoms with E-state index in [1.165, 1.54) is 6.92 Å². The molecule has 0 unspecified atom stereocenters. The topological polar surface area (TPSA) is 61.9 Å². The number of carbonyl (C=O) groups excluding carboxylic acids is 2. The van der Waals surface area contributed by atoms with E-state index in [0.29, 0.717) is 36.0 Å². The van der Waals surface area contributed by atoms with Gasteiger partial charge in [0.05, 0.1) is 17.2 Å². The zero-order valence-corrected chi connectivity index (χ0v) is 17.4. The van der Waals surface area contributed by atoms with Gasteiger partial charge in [-0.3, -0.25) is 9.59 Å². The van der Waals surface area contributed by atoms with E-state index in [1.54, 1.807) is 36.3 Å². The highest BCUT2D eigenvalue weighted by Crippen LogP contribution is 2.25. The van der Waals surface area contributed by atoms with Crippen LogP contribution < -0.4 is 10.2 Å². The molecule has 6 nitrogen and oxygen atoms in total. The number of rotatable bonds is 8. The molecule has 0 spiro atoms. The zero-order chi connectivity index (χ0) is 20.7. The quantitative estimate of drug-likeness (QED) is 0.730. The van der Waals surface area contributed by atoms with Crippen molar-refractivity contribution in [2.75, 3.05) is 44.6 Å². The number of ether oxygens (including phenoxy) is 1. The van der Waals surface area contributed by atoms with Crippen molar-refractivity contribution in [1.82, 2.24) is 4.90 Å². The number of hydrogen-bond donors (Lipinski definition) is 1. The Morgan fingerprint density at radius 3 is 2.46 bits per heavy atom. The number of anilines is 2. The van der Waals surface area contributed by atoms with Gasteiger partial charge in [-0.15, -0.1) is 0 Å². The van der Waals surface area contributed by atoms with Gasteiger partial charge in [-0.05, 0) is 35.9 Å². The summed E-state index contributed by atoms with van der Waals surface area (Å²) in [5.41, 5.74) is 2.95. The predicted molar refractivity (Wildman–Crippen MR) is 113 cm³/mol. The maximum atomic E-state index is 12.5. The molecule has 0 aliphatic heterocycles. The Labute approximate surface area is 171 Å². The summed E-state index contributed by atoms with van der Waals surface area (Å²) in [6.45, 7) is 2.91. The van der Waals surface area contributed by atoms with Crippen molar-refractivity contribution in [1.29, 1.82) is 0 Å². The molecule has 2 rings (SSSR count). The van der Waals surface area contributed by atoms with Gasteiger partial charge in [-0.2, -0.15) is 0 Å². The van der Waals surface area contributed by atoms with Crippen LogP contribution in [0.3, 0.4) is 0 Å². The molecule has 0 aromatic heterocycles. The van der Waals surface area contributed by atoms with Crippen molar-refractivity contribution < 1.29 is 14.3 Å². The van der Waals surface area contributed by atoms with Gasteiger partial charge in [-0.25, -0.2) is 0 Å². The van der Waals surface area contributed by atoms with E-state index in [1.807, 2.05) is 37.2 Å². The molecule has 0 saturated heterocycles. The first-order chi connectivity index (χ1) is 13.3. The minimum atomic E-state index is -0.281. The van der Waals surface area contributed by atoms with Crippen LogP contribution in [0.25, 0.3) is 0 Å². The summed E-state index contributed by atoms with van der Waals surface area (Å²) in [5, 5.41) is 3.28. The molecule has 0 aliphatic rings. The number of halogens is 1. The highest BCUT2D eigenvalue weighted by atomic mass is 35.5. The van der Waals surface area contributed by atoms with Crippen LogP contribution in [-0.2, 0) is 16.1 Å². The molecule has 0 bridgehead atoms. The van der Waals surface area contributed by atoms with E-state index in [9.17, 15) is 9.59 Å². The normalized spacial score (nSPS) is 10.5. The van der Waals surface area contributed by atoms with Gasteiger partial charge in [0, 0.05) is 52.6 Å². The van der Waals surface area contributed by atoms with Crippen molar-refractivity contribution in [3.63, 3.8) is 0 Å². The van der Waals surface area contributed by atoms with Gasteiger partial charge in [0.15, 0.2) is 0 Å². The van der Waals surface area contributed by atoms with Crippen LogP contribution in [0.1, 0.15) is 22.8 Å². The Hall–Kier alpha value is -2.57. The number of methoxy groups -OCH3 is 1. The molecular formula is C21H26ClN3O3. The predicted octanol–water partition coefficient (Wildman–Crippen LogP) is 3.65. The Kier molecular flexibility index (Phi) is 7.84. The molecule has 0 heterocycles. The second kappa shape index (κ2) is 10.1. The SMILES string of the molecule is COCCN(Cc1cc(NC(=O)c2ccccc2Cl)ccc1N(C)C)C(C)=O. The molecule has 2 aromatic rings. The third-order valence-corrected chi connectivity index (χ3v) is 4.64. The summed E-state index contributed by atoms with van der Waals surface area (Å²) in [7, 11) is 5.48. The minimum absolute atomic E-state index is 0.0349. The fourth-order valence-corrected chi connectivity index (χ4v) is 3.05. The third kappa shape index (κ3) is 5.71. The molecule has 0 atom stereocenters. The van der Waals surface area contributed by atoms with E-state index < -0.39 is 0 Å². The molecule has 2 amide bonds.